The van der Waals surface area contributed by atoms with E-state index in [4.69, 9.17) is 9.41 Å². The van der Waals surface area contributed by atoms with Gasteiger partial charge in [0, 0.05) is 49.9 Å². The lowest BCUT2D eigenvalue weighted by molar-refractivity contribution is 0.506. The highest BCUT2D eigenvalue weighted by Gasteiger charge is 2.04. The van der Waals surface area contributed by atoms with Crippen LogP contribution in [-0.2, 0) is 13.0 Å². The number of guanidine groups is 1. The van der Waals surface area contributed by atoms with Crippen molar-refractivity contribution in [2.24, 2.45) is 4.99 Å². The van der Waals surface area contributed by atoms with E-state index in [1.165, 1.54) is 10.6 Å². The summed E-state index contributed by atoms with van der Waals surface area (Å²) in [6.07, 6.45) is 5.43. The lowest BCUT2D eigenvalue weighted by atomic mass is 10.3. The summed E-state index contributed by atoms with van der Waals surface area (Å²) < 4.78 is 5.40. The smallest absolute Gasteiger partial charge is 0.191 e. The Balaban J connectivity index is 0.00000320. The van der Waals surface area contributed by atoms with E-state index in [0.717, 1.165) is 49.2 Å². The van der Waals surface area contributed by atoms with Crippen molar-refractivity contribution in [3.63, 3.8) is 0 Å². The second-order valence-corrected chi connectivity index (χ2v) is 8.14. The van der Waals surface area contributed by atoms with Gasteiger partial charge >= 0.3 is 0 Å². The van der Waals surface area contributed by atoms with Gasteiger partial charge in [-0.15, -0.1) is 35.3 Å². The summed E-state index contributed by atoms with van der Waals surface area (Å²) in [6.45, 7) is 5.23. The van der Waals surface area contributed by atoms with Crippen molar-refractivity contribution in [2.75, 3.05) is 31.6 Å². The number of nitrogens with one attached hydrogen (secondary N) is 2. The van der Waals surface area contributed by atoms with Crippen LogP contribution in [0.3, 0.4) is 0 Å². The Bertz CT molecular complexity index is 867. The molecule has 2 N–H and O–H groups in total. The summed E-state index contributed by atoms with van der Waals surface area (Å²) >= 11 is 1.69. The molecule has 2 aromatic heterocycles. The number of furan rings is 1. The average molecular weight is 539 g/mol. The second kappa shape index (κ2) is 13.3. The number of aryl methyl sites for hydroxylation is 1. The Morgan fingerprint density at radius 1 is 1.13 bits per heavy atom. The molecule has 3 aromatic rings. The first-order chi connectivity index (χ1) is 14.2. The minimum absolute atomic E-state index is 0. The van der Waals surface area contributed by atoms with Gasteiger partial charge in [-0.25, -0.2) is 9.98 Å². The number of hydrogen-bond acceptors (Lipinski definition) is 5. The van der Waals surface area contributed by atoms with Crippen LogP contribution in [0.4, 0.5) is 5.69 Å². The molecular formula is C22H30IN5OS. The molecule has 1 aromatic carbocycles. The van der Waals surface area contributed by atoms with Gasteiger partial charge in [-0.1, -0.05) is 18.2 Å². The number of aliphatic imine (C=N–C) groups is 1. The van der Waals surface area contributed by atoms with Crippen LogP contribution in [-0.4, -0.2) is 37.6 Å². The minimum Gasteiger partial charge on any atom is -0.469 e. The summed E-state index contributed by atoms with van der Waals surface area (Å²) in [5, 5.41) is 7.87. The van der Waals surface area contributed by atoms with E-state index in [2.05, 4.69) is 58.8 Å². The molecule has 0 aliphatic heterocycles. The van der Waals surface area contributed by atoms with Gasteiger partial charge in [0.1, 0.15) is 10.8 Å². The Morgan fingerprint density at radius 2 is 1.93 bits per heavy atom. The fraction of sp³-hybridized carbons (Fsp3) is 0.364. The number of halogens is 1. The monoisotopic (exact) mass is 539 g/mol. The topological polar surface area (TPSA) is 65.7 Å². The van der Waals surface area contributed by atoms with Gasteiger partial charge in [-0.05, 0) is 37.6 Å². The molecule has 0 aliphatic carbocycles. The normalized spacial score (nSPS) is 11.1. The Labute approximate surface area is 199 Å². The van der Waals surface area contributed by atoms with Crippen LogP contribution in [0.2, 0.25) is 0 Å². The molecule has 0 spiro atoms. The zero-order chi connectivity index (χ0) is 20.3. The maximum atomic E-state index is 5.40. The summed E-state index contributed by atoms with van der Waals surface area (Å²) in [5.74, 6) is 1.78. The molecule has 8 heteroatoms. The Morgan fingerprint density at radius 3 is 2.63 bits per heavy atom. The number of nitrogens with zero attached hydrogens (tertiary/aromatic N) is 3. The highest BCUT2D eigenvalue weighted by molar-refractivity contribution is 14.0. The van der Waals surface area contributed by atoms with Gasteiger partial charge in [0.05, 0.1) is 12.8 Å². The zero-order valence-corrected chi connectivity index (χ0v) is 20.7. The Hall–Kier alpha value is -2.07. The van der Waals surface area contributed by atoms with E-state index in [1.807, 2.05) is 24.4 Å². The van der Waals surface area contributed by atoms with Crippen LogP contribution < -0.4 is 15.5 Å². The van der Waals surface area contributed by atoms with E-state index >= 15 is 0 Å². The fourth-order valence-corrected chi connectivity index (χ4v) is 3.60. The minimum atomic E-state index is 0. The maximum Gasteiger partial charge on any atom is 0.191 e. The molecule has 0 bridgehead atoms. The van der Waals surface area contributed by atoms with Crippen molar-refractivity contribution < 1.29 is 4.42 Å². The van der Waals surface area contributed by atoms with Crippen LogP contribution in [0, 0.1) is 6.92 Å². The predicted octanol–water partition coefficient (Wildman–Crippen LogP) is 4.47. The first-order valence-corrected chi connectivity index (χ1v) is 10.7. The number of rotatable bonds is 10. The van der Waals surface area contributed by atoms with E-state index in [-0.39, 0.29) is 24.0 Å². The lowest BCUT2D eigenvalue weighted by Gasteiger charge is -2.19. The van der Waals surface area contributed by atoms with Crippen LogP contribution in [0.15, 0.2) is 64.3 Å². The molecule has 0 fully saturated rings. The SMILES string of the molecule is Cc1cnc(CN=C(NCCCN(C)c2ccccc2)NCCc2ccco2)s1.I. The first-order valence-electron chi connectivity index (χ1n) is 9.93. The molecule has 0 aliphatic rings. The number of anilines is 1. The summed E-state index contributed by atoms with van der Waals surface area (Å²) in [6, 6.07) is 14.3. The molecule has 162 valence electrons. The van der Waals surface area contributed by atoms with Crippen LogP contribution in [0.25, 0.3) is 0 Å². The van der Waals surface area contributed by atoms with Crippen LogP contribution >= 0.6 is 35.3 Å². The van der Waals surface area contributed by atoms with E-state index < -0.39 is 0 Å². The van der Waals surface area contributed by atoms with Gasteiger partial charge in [0.2, 0.25) is 0 Å². The first kappa shape index (κ1) is 24.2. The van der Waals surface area contributed by atoms with Crippen molar-refractivity contribution in [1.29, 1.82) is 0 Å². The van der Waals surface area contributed by atoms with E-state index in [0.29, 0.717) is 6.54 Å². The number of para-hydroxylation sites is 1. The van der Waals surface area contributed by atoms with Gasteiger partial charge in [-0.2, -0.15) is 0 Å². The number of hydrogen-bond donors (Lipinski definition) is 2. The highest BCUT2D eigenvalue weighted by atomic mass is 127. The van der Waals surface area contributed by atoms with Gasteiger partial charge in [0.25, 0.3) is 0 Å². The van der Waals surface area contributed by atoms with Crippen LogP contribution in [0.5, 0.6) is 0 Å². The molecule has 0 unspecified atom stereocenters. The molecule has 0 radical (unpaired) electrons. The molecular weight excluding hydrogens is 509 g/mol. The number of benzene rings is 1. The second-order valence-electron chi connectivity index (χ2n) is 6.82. The molecule has 0 atom stereocenters. The summed E-state index contributed by atoms with van der Waals surface area (Å²) in [7, 11) is 2.12. The molecule has 6 nitrogen and oxygen atoms in total. The molecule has 0 amide bonds. The zero-order valence-electron chi connectivity index (χ0n) is 17.5. The quantitative estimate of drug-likeness (QED) is 0.172. The largest absolute Gasteiger partial charge is 0.469 e. The molecule has 3 rings (SSSR count). The van der Waals surface area contributed by atoms with Gasteiger partial charge in [-0.3, -0.25) is 0 Å². The van der Waals surface area contributed by atoms with Crippen molar-refractivity contribution >= 4 is 47.0 Å². The molecule has 30 heavy (non-hydrogen) atoms. The average Bonchev–Trinajstić information content (AvgIpc) is 3.41. The number of thiazole rings is 1. The van der Waals surface area contributed by atoms with Crippen molar-refractivity contribution in [3.8, 4) is 0 Å². The fourth-order valence-electron chi connectivity index (χ4n) is 2.89. The van der Waals surface area contributed by atoms with Crippen molar-refractivity contribution in [2.45, 2.75) is 26.3 Å². The van der Waals surface area contributed by atoms with Crippen LogP contribution in [0.1, 0.15) is 22.1 Å². The maximum absolute atomic E-state index is 5.40. The molecule has 2 heterocycles. The third-order valence-electron chi connectivity index (χ3n) is 4.45. The lowest BCUT2D eigenvalue weighted by Crippen LogP contribution is -2.39. The number of aromatic nitrogens is 1. The third kappa shape index (κ3) is 8.35. The summed E-state index contributed by atoms with van der Waals surface area (Å²) in [5.41, 5.74) is 1.23. The van der Waals surface area contributed by atoms with E-state index in [1.54, 1.807) is 17.6 Å². The third-order valence-corrected chi connectivity index (χ3v) is 5.34. The van der Waals surface area contributed by atoms with Gasteiger partial charge < -0.3 is 20.0 Å². The highest BCUT2D eigenvalue weighted by Crippen LogP contribution is 2.12. The molecule has 0 saturated carbocycles. The molecule has 0 saturated heterocycles. The van der Waals surface area contributed by atoms with Crippen molar-refractivity contribution in [1.82, 2.24) is 15.6 Å². The van der Waals surface area contributed by atoms with Crippen molar-refractivity contribution in [3.05, 3.63) is 70.6 Å². The Kier molecular flexibility index (Phi) is 10.7. The predicted molar refractivity (Wildman–Crippen MR) is 136 cm³/mol. The standard InChI is InChI=1S/C22H29N5OS.HI/c1-18-16-25-21(29-18)17-26-22(24-13-11-20-10-6-15-28-20)23-12-7-14-27(2)19-8-4-3-5-9-19;/h3-6,8-10,15-16H,7,11-14,17H2,1-2H3,(H2,23,24,26);1H. The van der Waals surface area contributed by atoms with Gasteiger partial charge in [0.15, 0.2) is 5.96 Å². The summed E-state index contributed by atoms with van der Waals surface area (Å²) in [4.78, 5) is 12.6. The van der Waals surface area contributed by atoms with E-state index in [9.17, 15) is 0 Å².